The zero-order chi connectivity index (χ0) is 12.8. The molecule has 0 saturated heterocycles. The first kappa shape index (κ1) is 12.0. The van der Waals surface area contributed by atoms with Crippen molar-refractivity contribution in [2.24, 2.45) is 0 Å². The molecule has 0 saturated carbocycles. The summed E-state index contributed by atoms with van der Waals surface area (Å²) < 4.78 is 10.7. The van der Waals surface area contributed by atoms with E-state index in [0.717, 1.165) is 17.1 Å². The molecule has 90 valence electrons. The predicted octanol–water partition coefficient (Wildman–Crippen LogP) is 3.15. The van der Waals surface area contributed by atoms with Crippen LogP contribution in [0, 0.1) is 11.3 Å². The summed E-state index contributed by atoms with van der Waals surface area (Å²) in [6.45, 7) is 0.484. The molecule has 0 N–H and O–H groups in total. The Morgan fingerprint density at radius 3 is 2.11 bits per heavy atom. The molecule has 0 heterocycles. The number of benzene rings is 2. The normalized spacial score (nSPS) is 9.56. The minimum atomic E-state index is 0.484. The van der Waals surface area contributed by atoms with E-state index in [-0.39, 0.29) is 0 Å². The summed E-state index contributed by atoms with van der Waals surface area (Å²) >= 11 is 0. The third-order valence-electron chi connectivity index (χ3n) is 2.55. The molecule has 2 aromatic carbocycles. The van der Waals surface area contributed by atoms with Crippen molar-refractivity contribution in [2.75, 3.05) is 7.11 Å². The maximum atomic E-state index is 8.69. The van der Waals surface area contributed by atoms with Crippen molar-refractivity contribution >= 4 is 0 Å². The molecule has 3 nitrogen and oxygen atoms in total. The third kappa shape index (κ3) is 3.02. The summed E-state index contributed by atoms with van der Waals surface area (Å²) in [6.07, 6.45) is 0. The van der Waals surface area contributed by atoms with Gasteiger partial charge in [-0.05, 0) is 42.0 Å². The van der Waals surface area contributed by atoms with Crippen LogP contribution in [0.5, 0.6) is 11.5 Å². The van der Waals surface area contributed by atoms with E-state index in [1.54, 1.807) is 19.2 Å². The van der Waals surface area contributed by atoms with Gasteiger partial charge in [0.05, 0.1) is 18.7 Å². The fourth-order valence-corrected chi connectivity index (χ4v) is 1.51. The fraction of sp³-hybridized carbons (Fsp3) is 0.133. The molecule has 0 unspecified atom stereocenters. The molecule has 0 spiro atoms. The van der Waals surface area contributed by atoms with Crippen LogP contribution in [0.2, 0.25) is 0 Å². The molecular formula is C15H13NO2. The van der Waals surface area contributed by atoms with Crippen molar-refractivity contribution in [3.8, 4) is 17.6 Å². The van der Waals surface area contributed by atoms with E-state index >= 15 is 0 Å². The standard InChI is InChI=1S/C15H13NO2/c1-17-14-6-8-15(9-7-14)18-11-13-4-2-12(10-16)3-5-13/h2-9H,11H2,1H3. The second-order valence-corrected chi connectivity index (χ2v) is 3.77. The Kier molecular flexibility index (Phi) is 3.83. The Labute approximate surface area is 106 Å². The zero-order valence-electron chi connectivity index (χ0n) is 10.1. The molecule has 0 aliphatic carbocycles. The predicted molar refractivity (Wildman–Crippen MR) is 68.5 cm³/mol. The SMILES string of the molecule is COc1ccc(OCc2ccc(C#N)cc2)cc1. The summed E-state index contributed by atoms with van der Waals surface area (Å²) in [5.74, 6) is 1.60. The van der Waals surface area contributed by atoms with Crippen LogP contribution in [0.4, 0.5) is 0 Å². The molecule has 0 bridgehead atoms. The number of ether oxygens (including phenoxy) is 2. The van der Waals surface area contributed by atoms with Gasteiger partial charge in [-0.1, -0.05) is 12.1 Å². The Bertz CT molecular complexity index is 538. The Morgan fingerprint density at radius 2 is 1.56 bits per heavy atom. The van der Waals surface area contributed by atoms with Crippen LogP contribution in [0.3, 0.4) is 0 Å². The molecule has 0 aliphatic heterocycles. The van der Waals surface area contributed by atoms with Crippen molar-refractivity contribution in [1.29, 1.82) is 5.26 Å². The van der Waals surface area contributed by atoms with Gasteiger partial charge in [0.2, 0.25) is 0 Å². The van der Waals surface area contributed by atoms with Gasteiger partial charge >= 0.3 is 0 Å². The molecule has 0 amide bonds. The third-order valence-corrected chi connectivity index (χ3v) is 2.55. The topological polar surface area (TPSA) is 42.2 Å². The number of nitrogens with zero attached hydrogens (tertiary/aromatic N) is 1. The first-order valence-electron chi connectivity index (χ1n) is 5.58. The molecule has 3 heteroatoms. The van der Waals surface area contributed by atoms with Crippen molar-refractivity contribution in [3.05, 3.63) is 59.7 Å². The molecule has 0 atom stereocenters. The highest BCUT2D eigenvalue weighted by atomic mass is 16.5. The van der Waals surface area contributed by atoms with Gasteiger partial charge in [-0.25, -0.2) is 0 Å². The van der Waals surface area contributed by atoms with Gasteiger partial charge in [0.1, 0.15) is 18.1 Å². The molecule has 2 rings (SSSR count). The van der Waals surface area contributed by atoms with Crippen LogP contribution in [0.25, 0.3) is 0 Å². The van der Waals surface area contributed by atoms with E-state index in [2.05, 4.69) is 6.07 Å². The highest BCUT2D eigenvalue weighted by Crippen LogP contribution is 2.18. The van der Waals surface area contributed by atoms with Gasteiger partial charge in [-0.3, -0.25) is 0 Å². The van der Waals surface area contributed by atoms with E-state index < -0.39 is 0 Å². The van der Waals surface area contributed by atoms with Crippen molar-refractivity contribution < 1.29 is 9.47 Å². The fourth-order valence-electron chi connectivity index (χ4n) is 1.51. The number of methoxy groups -OCH3 is 1. The Hall–Kier alpha value is -2.47. The maximum absolute atomic E-state index is 8.69. The van der Waals surface area contributed by atoms with Crippen LogP contribution >= 0.6 is 0 Å². The van der Waals surface area contributed by atoms with Gasteiger partial charge in [-0.2, -0.15) is 5.26 Å². The molecule has 0 aliphatic rings. The smallest absolute Gasteiger partial charge is 0.120 e. The quantitative estimate of drug-likeness (QED) is 0.823. The zero-order valence-corrected chi connectivity index (χ0v) is 10.1. The molecule has 18 heavy (non-hydrogen) atoms. The van der Waals surface area contributed by atoms with E-state index in [9.17, 15) is 0 Å². The Morgan fingerprint density at radius 1 is 0.944 bits per heavy atom. The van der Waals surface area contributed by atoms with Crippen LogP contribution in [-0.2, 0) is 6.61 Å². The second-order valence-electron chi connectivity index (χ2n) is 3.77. The summed E-state index contributed by atoms with van der Waals surface area (Å²) in [5, 5.41) is 8.69. The number of hydrogen-bond donors (Lipinski definition) is 0. The minimum absolute atomic E-state index is 0.484. The van der Waals surface area contributed by atoms with Gasteiger partial charge in [0.25, 0.3) is 0 Å². The van der Waals surface area contributed by atoms with Crippen molar-refractivity contribution in [3.63, 3.8) is 0 Å². The van der Waals surface area contributed by atoms with E-state index in [4.69, 9.17) is 14.7 Å². The lowest BCUT2D eigenvalue weighted by molar-refractivity contribution is 0.305. The van der Waals surface area contributed by atoms with Crippen molar-refractivity contribution in [2.45, 2.75) is 6.61 Å². The number of hydrogen-bond acceptors (Lipinski definition) is 3. The van der Waals surface area contributed by atoms with Crippen LogP contribution in [0.1, 0.15) is 11.1 Å². The Balaban J connectivity index is 1.95. The molecule has 2 aromatic rings. The number of nitriles is 1. The number of rotatable bonds is 4. The van der Waals surface area contributed by atoms with Gasteiger partial charge in [0.15, 0.2) is 0 Å². The lowest BCUT2D eigenvalue weighted by Crippen LogP contribution is -1.95. The van der Waals surface area contributed by atoms with E-state index in [0.29, 0.717) is 12.2 Å². The van der Waals surface area contributed by atoms with Gasteiger partial charge < -0.3 is 9.47 Å². The largest absolute Gasteiger partial charge is 0.497 e. The lowest BCUT2D eigenvalue weighted by atomic mass is 10.2. The average molecular weight is 239 g/mol. The average Bonchev–Trinajstić information content (AvgIpc) is 2.46. The lowest BCUT2D eigenvalue weighted by Gasteiger charge is -2.07. The molecule has 0 radical (unpaired) electrons. The van der Waals surface area contributed by atoms with Crippen LogP contribution < -0.4 is 9.47 Å². The summed E-state index contributed by atoms with van der Waals surface area (Å²) in [4.78, 5) is 0. The molecular weight excluding hydrogens is 226 g/mol. The summed E-state index contributed by atoms with van der Waals surface area (Å²) in [7, 11) is 1.63. The minimum Gasteiger partial charge on any atom is -0.497 e. The molecule has 0 fully saturated rings. The first-order valence-corrected chi connectivity index (χ1v) is 5.58. The van der Waals surface area contributed by atoms with Crippen molar-refractivity contribution in [1.82, 2.24) is 0 Å². The van der Waals surface area contributed by atoms with Crippen LogP contribution in [-0.4, -0.2) is 7.11 Å². The van der Waals surface area contributed by atoms with Gasteiger partial charge in [-0.15, -0.1) is 0 Å². The van der Waals surface area contributed by atoms with E-state index in [1.165, 1.54) is 0 Å². The second kappa shape index (κ2) is 5.74. The van der Waals surface area contributed by atoms with Gasteiger partial charge in [0, 0.05) is 0 Å². The monoisotopic (exact) mass is 239 g/mol. The molecule has 0 aromatic heterocycles. The van der Waals surface area contributed by atoms with E-state index in [1.807, 2.05) is 36.4 Å². The van der Waals surface area contributed by atoms with Crippen LogP contribution in [0.15, 0.2) is 48.5 Å². The summed E-state index contributed by atoms with van der Waals surface area (Å²) in [5.41, 5.74) is 1.69. The maximum Gasteiger partial charge on any atom is 0.120 e. The highest BCUT2D eigenvalue weighted by molar-refractivity contribution is 5.33. The highest BCUT2D eigenvalue weighted by Gasteiger charge is 1.97. The summed E-state index contributed by atoms with van der Waals surface area (Å²) in [6, 6.07) is 16.9. The first-order chi connectivity index (χ1) is 8.81.